The van der Waals surface area contributed by atoms with Crippen molar-refractivity contribution in [3.8, 4) is 11.5 Å². The van der Waals surface area contributed by atoms with Crippen LogP contribution in [0, 0.1) is 0 Å². The molecular formula is C21H25N5O5. The van der Waals surface area contributed by atoms with E-state index in [1.165, 1.54) is 14.2 Å². The average molecular weight is 427 g/mol. The van der Waals surface area contributed by atoms with Gasteiger partial charge in [-0.3, -0.25) is 19.4 Å². The van der Waals surface area contributed by atoms with E-state index in [1.54, 1.807) is 18.2 Å². The Balaban J connectivity index is 1.66. The molecule has 10 heteroatoms. The molecule has 0 spiro atoms. The number of nitrogens with one attached hydrogen (secondary N) is 3. The average Bonchev–Trinajstić information content (AvgIpc) is 2.78. The molecule has 2 aliphatic heterocycles. The van der Waals surface area contributed by atoms with Crippen molar-refractivity contribution in [2.45, 2.75) is 31.6 Å². The second-order valence-electron chi connectivity index (χ2n) is 7.56. The number of nitrogens with zero attached hydrogens (tertiary/aromatic N) is 2. The third-order valence-corrected chi connectivity index (χ3v) is 5.58. The molecule has 0 saturated carbocycles. The minimum atomic E-state index is -0.980. The Hall–Kier alpha value is -3.56. The minimum Gasteiger partial charge on any atom is -0.497 e. The zero-order valence-corrected chi connectivity index (χ0v) is 17.5. The summed E-state index contributed by atoms with van der Waals surface area (Å²) in [5.41, 5.74) is 0.108. The molecule has 1 unspecified atom stereocenters. The topological polar surface area (TPSA) is 126 Å². The van der Waals surface area contributed by atoms with Crippen molar-refractivity contribution in [3.05, 3.63) is 34.1 Å². The lowest BCUT2D eigenvalue weighted by atomic mass is 9.92. The molecule has 1 atom stereocenters. The first-order valence-electron chi connectivity index (χ1n) is 10.2. The number of ether oxygens (including phenoxy) is 2. The fraction of sp³-hybridized carbons (Fsp3) is 0.429. The van der Waals surface area contributed by atoms with Gasteiger partial charge in [-0.1, -0.05) is 0 Å². The number of carbonyl (C=O) groups is 2. The number of aromatic nitrogens is 2. The number of benzene rings is 1. The van der Waals surface area contributed by atoms with Gasteiger partial charge in [-0.25, -0.2) is 0 Å². The van der Waals surface area contributed by atoms with Crippen LogP contribution in [0.4, 0.5) is 17.5 Å². The van der Waals surface area contributed by atoms with Crippen molar-refractivity contribution in [3.63, 3.8) is 0 Å². The zero-order chi connectivity index (χ0) is 22.0. The highest BCUT2D eigenvalue weighted by Gasteiger charge is 2.35. The van der Waals surface area contributed by atoms with E-state index < -0.39 is 17.4 Å². The van der Waals surface area contributed by atoms with E-state index in [-0.39, 0.29) is 23.7 Å². The summed E-state index contributed by atoms with van der Waals surface area (Å²) in [6.45, 7) is 1.57. The van der Waals surface area contributed by atoms with Crippen LogP contribution in [0.25, 0.3) is 0 Å². The third kappa shape index (κ3) is 4.18. The fourth-order valence-electron chi connectivity index (χ4n) is 3.97. The highest BCUT2D eigenvalue weighted by Crippen LogP contribution is 2.33. The number of hydrogen-bond acceptors (Lipinski definition) is 7. The summed E-state index contributed by atoms with van der Waals surface area (Å²) in [6, 6.07) is 4.98. The van der Waals surface area contributed by atoms with Gasteiger partial charge in [0.2, 0.25) is 17.8 Å². The van der Waals surface area contributed by atoms with Gasteiger partial charge in [0.15, 0.2) is 0 Å². The molecule has 10 nitrogen and oxygen atoms in total. The molecular weight excluding hydrogens is 402 g/mol. The Morgan fingerprint density at radius 2 is 1.94 bits per heavy atom. The van der Waals surface area contributed by atoms with Crippen molar-refractivity contribution in [1.82, 2.24) is 9.97 Å². The summed E-state index contributed by atoms with van der Waals surface area (Å²) in [5.74, 6) is -0.330. The minimum absolute atomic E-state index is 0.137. The Bertz CT molecular complexity index is 1060. The standard InChI is InChI=1S/C21H25N5O5/c1-30-12-6-7-15(31-2)14(10-12)22-19(28)13-11-16(27)23-18-17(13)20(29)25-21(24-18)26-8-4-3-5-9-26/h6-7,10,13H,3-5,8-9,11H2,1-2H3,(H,22,28)(H2,23,24,25,27,29). The van der Waals surface area contributed by atoms with Gasteiger partial charge in [0.25, 0.3) is 5.56 Å². The molecule has 1 fully saturated rings. The van der Waals surface area contributed by atoms with Gasteiger partial charge in [0, 0.05) is 25.6 Å². The predicted molar refractivity (Wildman–Crippen MR) is 115 cm³/mol. The van der Waals surface area contributed by atoms with E-state index in [4.69, 9.17) is 9.47 Å². The lowest BCUT2D eigenvalue weighted by Crippen LogP contribution is -2.38. The lowest BCUT2D eigenvalue weighted by molar-refractivity contribution is -0.123. The van der Waals surface area contributed by atoms with Gasteiger partial charge in [0.1, 0.15) is 17.3 Å². The van der Waals surface area contributed by atoms with Crippen molar-refractivity contribution in [1.29, 1.82) is 0 Å². The first-order chi connectivity index (χ1) is 15.0. The normalized spacial score (nSPS) is 18.1. The van der Waals surface area contributed by atoms with E-state index in [9.17, 15) is 14.4 Å². The number of aromatic amines is 1. The number of rotatable bonds is 5. The first kappa shape index (κ1) is 20.7. The monoisotopic (exact) mass is 427 g/mol. The summed E-state index contributed by atoms with van der Waals surface area (Å²) in [6.07, 6.45) is 3.01. The molecule has 1 aromatic heterocycles. The molecule has 2 aromatic rings. The van der Waals surface area contributed by atoms with Crippen molar-refractivity contribution < 1.29 is 19.1 Å². The summed E-state index contributed by atoms with van der Waals surface area (Å²) in [4.78, 5) is 47.6. The largest absolute Gasteiger partial charge is 0.497 e. The number of H-pyrrole nitrogens is 1. The summed E-state index contributed by atoms with van der Waals surface area (Å²) >= 11 is 0. The van der Waals surface area contributed by atoms with Crippen LogP contribution in [0.15, 0.2) is 23.0 Å². The summed E-state index contributed by atoms with van der Waals surface area (Å²) in [7, 11) is 3.00. The summed E-state index contributed by atoms with van der Waals surface area (Å²) < 4.78 is 10.5. The molecule has 1 saturated heterocycles. The number of methoxy groups -OCH3 is 2. The van der Waals surface area contributed by atoms with Crippen LogP contribution < -0.4 is 30.6 Å². The predicted octanol–water partition coefficient (Wildman–Crippen LogP) is 1.84. The number of anilines is 3. The van der Waals surface area contributed by atoms with Gasteiger partial charge >= 0.3 is 0 Å². The van der Waals surface area contributed by atoms with Crippen LogP contribution in [-0.2, 0) is 9.59 Å². The third-order valence-electron chi connectivity index (χ3n) is 5.58. The molecule has 31 heavy (non-hydrogen) atoms. The van der Waals surface area contributed by atoms with Crippen molar-refractivity contribution >= 4 is 29.3 Å². The number of carbonyl (C=O) groups excluding carboxylic acids is 2. The number of fused-ring (bicyclic) bond motifs is 1. The molecule has 0 bridgehead atoms. The van der Waals surface area contributed by atoms with Gasteiger partial charge in [-0.15, -0.1) is 0 Å². The molecule has 0 aliphatic carbocycles. The highest BCUT2D eigenvalue weighted by atomic mass is 16.5. The summed E-state index contributed by atoms with van der Waals surface area (Å²) in [5, 5.41) is 5.41. The van der Waals surface area contributed by atoms with Crippen LogP contribution in [0.3, 0.4) is 0 Å². The maximum atomic E-state index is 13.1. The Labute approximate surface area is 179 Å². The SMILES string of the molecule is COc1ccc(OC)c(NC(=O)C2CC(=O)Nc3nc(N4CCCCC4)[nH]c(=O)c32)c1. The molecule has 164 valence electrons. The van der Waals surface area contributed by atoms with E-state index in [1.807, 2.05) is 4.90 Å². The number of hydrogen-bond donors (Lipinski definition) is 3. The van der Waals surface area contributed by atoms with Crippen molar-refractivity contribution in [2.24, 2.45) is 0 Å². The molecule has 3 heterocycles. The molecule has 0 radical (unpaired) electrons. The molecule has 3 N–H and O–H groups in total. The highest BCUT2D eigenvalue weighted by molar-refractivity contribution is 6.05. The first-order valence-corrected chi connectivity index (χ1v) is 10.2. The maximum Gasteiger partial charge on any atom is 0.258 e. The zero-order valence-electron chi connectivity index (χ0n) is 17.5. The van der Waals surface area contributed by atoms with Crippen LogP contribution in [-0.4, -0.2) is 49.1 Å². The molecule has 2 aliphatic rings. The Morgan fingerprint density at radius 3 is 2.65 bits per heavy atom. The van der Waals surface area contributed by atoms with E-state index in [2.05, 4.69) is 20.6 Å². The van der Waals surface area contributed by atoms with E-state index >= 15 is 0 Å². The van der Waals surface area contributed by atoms with Crippen LogP contribution in [0.5, 0.6) is 11.5 Å². The Morgan fingerprint density at radius 1 is 1.16 bits per heavy atom. The van der Waals surface area contributed by atoms with Gasteiger partial charge in [-0.2, -0.15) is 4.98 Å². The lowest BCUT2D eigenvalue weighted by Gasteiger charge is -2.29. The maximum absolute atomic E-state index is 13.1. The van der Waals surface area contributed by atoms with Gasteiger partial charge in [0.05, 0.1) is 31.4 Å². The second-order valence-corrected chi connectivity index (χ2v) is 7.56. The second kappa shape index (κ2) is 8.66. The van der Waals surface area contributed by atoms with E-state index in [0.717, 1.165) is 32.4 Å². The quantitative estimate of drug-likeness (QED) is 0.665. The molecule has 1 aromatic carbocycles. The fourth-order valence-corrected chi connectivity index (χ4v) is 3.97. The number of amides is 2. The molecule has 4 rings (SSSR count). The van der Waals surface area contributed by atoms with Gasteiger partial charge in [-0.05, 0) is 31.4 Å². The van der Waals surface area contributed by atoms with Crippen molar-refractivity contribution in [2.75, 3.05) is 42.8 Å². The van der Waals surface area contributed by atoms with E-state index in [0.29, 0.717) is 23.1 Å². The smallest absolute Gasteiger partial charge is 0.258 e. The molecule has 2 amide bonds. The van der Waals surface area contributed by atoms with Crippen LogP contribution in [0.2, 0.25) is 0 Å². The Kier molecular flexibility index (Phi) is 5.79. The number of piperidine rings is 1. The van der Waals surface area contributed by atoms with Crippen LogP contribution >= 0.6 is 0 Å². The van der Waals surface area contributed by atoms with Gasteiger partial charge < -0.3 is 25.0 Å². The van der Waals surface area contributed by atoms with Crippen LogP contribution in [0.1, 0.15) is 37.2 Å².